The molecule has 1 saturated heterocycles. The van der Waals surface area contributed by atoms with Crippen LogP contribution in [0, 0.1) is 0 Å². The van der Waals surface area contributed by atoms with Gasteiger partial charge in [0.1, 0.15) is 5.82 Å². The SMILES string of the molecule is CN(C)C1CCN(c2ccc3nnc(C(C)(C)C)n3n2)CC1. The second-order valence-electron chi connectivity index (χ2n) is 7.42. The first kappa shape index (κ1) is 15.2. The van der Waals surface area contributed by atoms with Crippen molar-refractivity contribution >= 4 is 11.5 Å². The van der Waals surface area contributed by atoms with Crippen LogP contribution >= 0.6 is 0 Å². The van der Waals surface area contributed by atoms with Crippen molar-refractivity contribution in [3.63, 3.8) is 0 Å². The predicted octanol–water partition coefficient (Wildman–Crippen LogP) is 1.95. The molecule has 1 aliphatic rings. The van der Waals surface area contributed by atoms with Crippen LogP contribution in [-0.2, 0) is 5.41 Å². The first-order valence-corrected chi connectivity index (χ1v) is 8.00. The maximum atomic E-state index is 4.80. The molecule has 2 aromatic rings. The van der Waals surface area contributed by atoms with Crippen molar-refractivity contribution < 1.29 is 0 Å². The molecule has 2 aromatic heterocycles. The monoisotopic (exact) mass is 302 g/mol. The van der Waals surface area contributed by atoms with Crippen LogP contribution in [0.1, 0.15) is 39.4 Å². The number of rotatable bonds is 2. The molecule has 6 nitrogen and oxygen atoms in total. The van der Waals surface area contributed by atoms with E-state index in [-0.39, 0.29) is 5.41 Å². The van der Waals surface area contributed by atoms with E-state index in [2.05, 4.69) is 60.9 Å². The highest BCUT2D eigenvalue weighted by molar-refractivity contribution is 5.46. The van der Waals surface area contributed by atoms with Gasteiger partial charge in [-0.1, -0.05) is 20.8 Å². The maximum absolute atomic E-state index is 4.80. The minimum Gasteiger partial charge on any atom is -0.355 e. The Morgan fingerprint density at radius 1 is 1.09 bits per heavy atom. The maximum Gasteiger partial charge on any atom is 0.178 e. The van der Waals surface area contributed by atoms with Gasteiger partial charge >= 0.3 is 0 Å². The van der Waals surface area contributed by atoms with E-state index in [1.165, 1.54) is 12.8 Å². The molecule has 3 rings (SSSR count). The second kappa shape index (κ2) is 5.50. The average molecular weight is 302 g/mol. The van der Waals surface area contributed by atoms with Gasteiger partial charge in [0, 0.05) is 24.5 Å². The lowest BCUT2D eigenvalue weighted by Gasteiger charge is -2.35. The summed E-state index contributed by atoms with van der Waals surface area (Å²) in [5.74, 6) is 1.93. The number of hydrogen-bond donors (Lipinski definition) is 0. The van der Waals surface area contributed by atoms with E-state index in [1.54, 1.807) is 0 Å². The number of anilines is 1. The second-order valence-corrected chi connectivity index (χ2v) is 7.42. The molecule has 6 heteroatoms. The lowest BCUT2D eigenvalue weighted by Crippen LogP contribution is -2.42. The molecule has 1 fully saturated rings. The van der Waals surface area contributed by atoms with Crippen molar-refractivity contribution in [1.82, 2.24) is 24.7 Å². The van der Waals surface area contributed by atoms with Crippen LogP contribution in [0.3, 0.4) is 0 Å². The van der Waals surface area contributed by atoms with E-state index in [4.69, 9.17) is 5.10 Å². The Kier molecular flexibility index (Phi) is 3.80. The summed E-state index contributed by atoms with van der Waals surface area (Å²) < 4.78 is 1.90. The Balaban J connectivity index is 1.86. The molecule has 0 saturated carbocycles. The van der Waals surface area contributed by atoms with Gasteiger partial charge in [-0.3, -0.25) is 0 Å². The summed E-state index contributed by atoms with van der Waals surface area (Å²) >= 11 is 0. The van der Waals surface area contributed by atoms with Crippen LogP contribution in [0.25, 0.3) is 5.65 Å². The Morgan fingerprint density at radius 2 is 1.77 bits per heavy atom. The highest BCUT2D eigenvalue weighted by Crippen LogP contribution is 2.23. The molecule has 0 aromatic carbocycles. The summed E-state index contributed by atoms with van der Waals surface area (Å²) in [6.45, 7) is 8.52. The fourth-order valence-corrected chi connectivity index (χ4v) is 3.03. The van der Waals surface area contributed by atoms with Crippen molar-refractivity contribution in [2.24, 2.45) is 0 Å². The molecular formula is C16H26N6. The van der Waals surface area contributed by atoms with Crippen molar-refractivity contribution in [3.8, 4) is 0 Å². The molecule has 1 aliphatic heterocycles. The van der Waals surface area contributed by atoms with Crippen LogP contribution in [-0.4, -0.2) is 57.9 Å². The fraction of sp³-hybridized carbons (Fsp3) is 0.688. The van der Waals surface area contributed by atoms with Gasteiger partial charge in [-0.25, -0.2) is 0 Å². The summed E-state index contributed by atoms with van der Waals surface area (Å²) in [7, 11) is 4.33. The smallest absolute Gasteiger partial charge is 0.178 e. The quantitative estimate of drug-likeness (QED) is 0.848. The van der Waals surface area contributed by atoms with E-state index in [0.717, 1.165) is 30.4 Å². The van der Waals surface area contributed by atoms with Crippen LogP contribution in [0.15, 0.2) is 12.1 Å². The van der Waals surface area contributed by atoms with Gasteiger partial charge in [0.05, 0.1) is 0 Å². The van der Waals surface area contributed by atoms with Crippen LogP contribution in [0.2, 0.25) is 0 Å². The van der Waals surface area contributed by atoms with Crippen LogP contribution in [0.4, 0.5) is 5.82 Å². The Labute approximate surface area is 132 Å². The van der Waals surface area contributed by atoms with Crippen molar-refractivity contribution in [2.45, 2.75) is 45.1 Å². The van der Waals surface area contributed by atoms with Crippen molar-refractivity contribution in [3.05, 3.63) is 18.0 Å². The number of fused-ring (bicyclic) bond motifs is 1. The van der Waals surface area contributed by atoms with Gasteiger partial charge in [-0.15, -0.1) is 15.3 Å². The lowest BCUT2D eigenvalue weighted by atomic mass is 9.96. The summed E-state index contributed by atoms with van der Waals surface area (Å²) in [6, 6.07) is 4.76. The molecule has 0 radical (unpaired) electrons. The number of piperidine rings is 1. The molecule has 0 bridgehead atoms. The van der Waals surface area contributed by atoms with Crippen LogP contribution in [0.5, 0.6) is 0 Å². The Morgan fingerprint density at radius 3 is 2.36 bits per heavy atom. The van der Waals surface area contributed by atoms with Gasteiger partial charge in [-0.05, 0) is 39.1 Å². The number of hydrogen-bond acceptors (Lipinski definition) is 5. The van der Waals surface area contributed by atoms with E-state index in [9.17, 15) is 0 Å². The average Bonchev–Trinajstić information content (AvgIpc) is 2.90. The zero-order valence-electron chi connectivity index (χ0n) is 14.2. The third-order valence-corrected chi connectivity index (χ3v) is 4.44. The minimum atomic E-state index is -0.0665. The topological polar surface area (TPSA) is 49.6 Å². The molecule has 0 spiro atoms. The highest BCUT2D eigenvalue weighted by atomic mass is 15.4. The van der Waals surface area contributed by atoms with E-state index in [0.29, 0.717) is 6.04 Å². The van der Waals surface area contributed by atoms with Crippen molar-refractivity contribution in [2.75, 3.05) is 32.1 Å². The zero-order valence-corrected chi connectivity index (χ0v) is 14.2. The van der Waals surface area contributed by atoms with Gasteiger partial charge in [0.15, 0.2) is 11.5 Å². The largest absolute Gasteiger partial charge is 0.355 e. The lowest BCUT2D eigenvalue weighted by molar-refractivity contribution is 0.249. The fourth-order valence-electron chi connectivity index (χ4n) is 3.03. The van der Waals surface area contributed by atoms with Gasteiger partial charge < -0.3 is 9.80 Å². The van der Waals surface area contributed by atoms with Gasteiger partial charge in [0.25, 0.3) is 0 Å². The molecule has 120 valence electrons. The molecule has 3 heterocycles. The normalized spacial score (nSPS) is 17.6. The summed E-state index contributed by atoms with van der Waals surface area (Å²) in [4.78, 5) is 4.69. The molecular weight excluding hydrogens is 276 g/mol. The molecule has 0 amide bonds. The van der Waals surface area contributed by atoms with Gasteiger partial charge in [-0.2, -0.15) is 4.52 Å². The minimum absolute atomic E-state index is 0.0665. The summed E-state index contributed by atoms with van der Waals surface area (Å²) in [5.41, 5.74) is 0.750. The van der Waals surface area contributed by atoms with Crippen LogP contribution < -0.4 is 4.90 Å². The highest BCUT2D eigenvalue weighted by Gasteiger charge is 2.24. The molecule has 22 heavy (non-hydrogen) atoms. The predicted molar refractivity (Wildman–Crippen MR) is 88.4 cm³/mol. The van der Waals surface area contributed by atoms with E-state index < -0.39 is 0 Å². The van der Waals surface area contributed by atoms with Gasteiger partial charge in [0.2, 0.25) is 0 Å². The van der Waals surface area contributed by atoms with E-state index >= 15 is 0 Å². The Bertz CT molecular complexity index is 646. The first-order valence-electron chi connectivity index (χ1n) is 8.00. The van der Waals surface area contributed by atoms with Crippen molar-refractivity contribution in [1.29, 1.82) is 0 Å². The summed E-state index contributed by atoms with van der Waals surface area (Å²) in [6.07, 6.45) is 2.36. The molecule has 0 N–H and O–H groups in total. The first-order chi connectivity index (χ1) is 10.4. The third-order valence-electron chi connectivity index (χ3n) is 4.44. The molecule has 0 atom stereocenters. The third kappa shape index (κ3) is 2.79. The number of aromatic nitrogens is 4. The molecule has 0 unspecified atom stereocenters. The van der Waals surface area contributed by atoms with E-state index in [1.807, 2.05) is 10.6 Å². The zero-order chi connectivity index (χ0) is 15.9. The Hall–Kier alpha value is -1.69. The summed E-state index contributed by atoms with van der Waals surface area (Å²) in [5, 5.41) is 13.3. The number of nitrogens with zero attached hydrogens (tertiary/aromatic N) is 6. The standard InChI is InChI=1S/C16H26N6/c1-16(2,3)15-18-17-13-6-7-14(19-22(13)15)21-10-8-12(9-11-21)20(4)5/h6-7,12H,8-11H2,1-5H3. The molecule has 0 aliphatic carbocycles.